The summed E-state index contributed by atoms with van der Waals surface area (Å²) in [6, 6.07) is 14.3. The molecule has 1 amide bonds. The molecule has 6 heteroatoms. The first-order valence-corrected chi connectivity index (χ1v) is 9.05. The Bertz CT molecular complexity index is 754. The van der Waals surface area contributed by atoms with E-state index in [2.05, 4.69) is 15.9 Å². The highest BCUT2D eigenvalue weighted by atomic mass is 79.9. The van der Waals surface area contributed by atoms with Crippen molar-refractivity contribution in [2.75, 3.05) is 5.73 Å². The Morgan fingerprint density at radius 3 is 2.60 bits per heavy atom. The summed E-state index contributed by atoms with van der Waals surface area (Å²) >= 11 is 3.41. The van der Waals surface area contributed by atoms with E-state index in [9.17, 15) is 15.0 Å². The van der Waals surface area contributed by atoms with Gasteiger partial charge in [-0.3, -0.25) is 4.90 Å². The number of carbonyl (C=O) groups is 1. The van der Waals surface area contributed by atoms with E-state index in [1.165, 1.54) is 4.90 Å². The summed E-state index contributed by atoms with van der Waals surface area (Å²) in [7, 11) is 0. The van der Waals surface area contributed by atoms with E-state index in [4.69, 9.17) is 5.73 Å². The lowest BCUT2D eigenvalue weighted by Crippen LogP contribution is -2.44. The third kappa shape index (κ3) is 3.80. The van der Waals surface area contributed by atoms with Crippen molar-refractivity contribution in [3.8, 4) is 0 Å². The van der Waals surface area contributed by atoms with Crippen molar-refractivity contribution in [2.24, 2.45) is 0 Å². The van der Waals surface area contributed by atoms with Crippen molar-refractivity contribution in [3.63, 3.8) is 0 Å². The average molecular weight is 405 g/mol. The predicted molar refractivity (Wildman–Crippen MR) is 100 cm³/mol. The maximum absolute atomic E-state index is 11.9. The molecule has 2 aromatic carbocycles. The van der Waals surface area contributed by atoms with Crippen LogP contribution in [-0.4, -0.2) is 33.3 Å². The number of hydrogen-bond acceptors (Lipinski definition) is 3. The SMILES string of the molecule is Nc1ccc(CC2CCC([C@H](O)c3ccccc3)N2C(=O)O)cc1Br. The molecule has 0 aromatic heterocycles. The number of halogens is 1. The van der Waals surface area contributed by atoms with Crippen molar-refractivity contribution in [3.05, 3.63) is 64.1 Å². The number of aliphatic hydroxyl groups excluding tert-OH is 1. The molecule has 0 saturated carbocycles. The second kappa shape index (κ2) is 7.45. The van der Waals surface area contributed by atoms with Crippen LogP contribution in [-0.2, 0) is 6.42 Å². The molecule has 1 aliphatic heterocycles. The molecule has 3 rings (SSSR count). The minimum absolute atomic E-state index is 0.156. The first-order valence-electron chi connectivity index (χ1n) is 8.25. The Labute approximate surface area is 155 Å². The maximum atomic E-state index is 11.9. The minimum Gasteiger partial charge on any atom is -0.465 e. The van der Waals surface area contributed by atoms with E-state index < -0.39 is 18.2 Å². The summed E-state index contributed by atoms with van der Waals surface area (Å²) in [6.07, 6.45) is 0.160. The van der Waals surface area contributed by atoms with Gasteiger partial charge in [-0.1, -0.05) is 36.4 Å². The monoisotopic (exact) mass is 404 g/mol. The highest BCUT2D eigenvalue weighted by Crippen LogP contribution is 2.35. The molecule has 3 atom stereocenters. The van der Waals surface area contributed by atoms with Gasteiger partial charge in [-0.15, -0.1) is 0 Å². The third-order valence-electron chi connectivity index (χ3n) is 4.81. The topological polar surface area (TPSA) is 86.8 Å². The maximum Gasteiger partial charge on any atom is 0.407 e. The van der Waals surface area contributed by atoms with Gasteiger partial charge < -0.3 is 15.9 Å². The molecular weight excluding hydrogens is 384 g/mol. The summed E-state index contributed by atoms with van der Waals surface area (Å²) in [5.74, 6) is 0. The van der Waals surface area contributed by atoms with Crippen LogP contribution in [0.5, 0.6) is 0 Å². The molecule has 0 radical (unpaired) electrons. The summed E-state index contributed by atoms with van der Waals surface area (Å²) < 4.78 is 0.811. The van der Waals surface area contributed by atoms with Crippen LogP contribution in [0.25, 0.3) is 0 Å². The van der Waals surface area contributed by atoms with E-state index in [0.29, 0.717) is 18.5 Å². The van der Waals surface area contributed by atoms with E-state index >= 15 is 0 Å². The zero-order valence-corrected chi connectivity index (χ0v) is 15.3. The molecule has 25 heavy (non-hydrogen) atoms. The fraction of sp³-hybridized carbons (Fsp3) is 0.316. The van der Waals surface area contributed by atoms with E-state index in [0.717, 1.165) is 22.0 Å². The number of anilines is 1. The molecule has 1 fully saturated rings. The number of aliphatic hydroxyl groups is 1. The number of likely N-dealkylation sites (tertiary alicyclic amines) is 1. The summed E-state index contributed by atoms with van der Waals surface area (Å²) in [5, 5.41) is 20.4. The zero-order chi connectivity index (χ0) is 18.0. The second-order valence-corrected chi connectivity index (χ2v) is 7.26. The standard InChI is InChI=1S/C19H21BrN2O3/c20-15-11-12(6-8-16(15)21)10-14-7-9-17(22(14)19(24)25)18(23)13-4-2-1-3-5-13/h1-6,8,11,14,17-18,23H,7,9-10,21H2,(H,24,25)/t14?,17?,18-/m1/s1. The Morgan fingerprint density at radius 1 is 1.24 bits per heavy atom. The van der Waals surface area contributed by atoms with Gasteiger partial charge in [0.15, 0.2) is 0 Å². The van der Waals surface area contributed by atoms with Crippen LogP contribution in [0.3, 0.4) is 0 Å². The van der Waals surface area contributed by atoms with Gasteiger partial charge in [0.1, 0.15) is 0 Å². The lowest BCUT2D eigenvalue weighted by molar-refractivity contribution is 0.0540. The molecule has 4 N–H and O–H groups in total. The third-order valence-corrected chi connectivity index (χ3v) is 5.50. The number of amides is 1. The smallest absolute Gasteiger partial charge is 0.407 e. The molecule has 1 saturated heterocycles. The van der Waals surface area contributed by atoms with Crippen LogP contribution in [0.4, 0.5) is 10.5 Å². The minimum atomic E-state index is -0.989. The Balaban J connectivity index is 1.79. The highest BCUT2D eigenvalue weighted by molar-refractivity contribution is 9.10. The molecule has 0 spiro atoms. The molecule has 2 unspecified atom stereocenters. The van der Waals surface area contributed by atoms with Crippen LogP contribution < -0.4 is 5.73 Å². The van der Waals surface area contributed by atoms with Gasteiger partial charge >= 0.3 is 6.09 Å². The van der Waals surface area contributed by atoms with E-state index in [1.54, 1.807) is 0 Å². The normalized spacial score (nSPS) is 21.3. The number of rotatable bonds is 4. The Hall–Kier alpha value is -2.05. The van der Waals surface area contributed by atoms with Crippen molar-refractivity contribution >= 4 is 27.7 Å². The first kappa shape index (κ1) is 17.8. The van der Waals surface area contributed by atoms with Crippen molar-refractivity contribution in [1.29, 1.82) is 0 Å². The molecule has 132 valence electrons. The number of benzene rings is 2. The molecule has 0 bridgehead atoms. The molecule has 1 aliphatic rings. The van der Waals surface area contributed by atoms with Gasteiger partial charge in [0, 0.05) is 16.2 Å². The van der Waals surface area contributed by atoms with Gasteiger partial charge in [0.2, 0.25) is 0 Å². The largest absolute Gasteiger partial charge is 0.465 e. The van der Waals surface area contributed by atoms with Crippen LogP contribution in [0.15, 0.2) is 53.0 Å². The zero-order valence-electron chi connectivity index (χ0n) is 13.7. The van der Waals surface area contributed by atoms with Gasteiger partial charge in [-0.2, -0.15) is 0 Å². The number of nitrogens with zero attached hydrogens (tertiary/aromatic N) is 1. The quantitative estimate of drug-likeness (QED) is 0.675. The van der Waals surface area contributed by atoms with Crippen LogP contribution >= 0.6 is 15.9 Å². The lowest BCUT2D eigenvalue weighted by atomic mass is 10.0. The van der Waals surface area contributed by atoms with Gasteiger partial charge in [0.25, 0.3) is 0 Å². The summed E-state index contributed by atoms with van der Waals surface area (Å²) in [6.45, 7) is 0. The number of nitrogens with two attached hydrogens (primary N) is 1. The van der Waals surface area contributed by atoms with Gasteiger partial charge in [0.05, 0.1) is 12.1 Å². The summed E-state index contributed by atoms with van der Waals surface area (Å²) in [4.78, 5) is 13.3. The molecule has 5 nitrogen and oxygen atoms in total. The molecular formula is C19H21BrN2O3. The van der Waals surface area contributed by atoms with Crippen molar-refractivity contribution < 1.29 is 15.0 Å². The first-order chi connectivity index (χ1) is 12.0. The van der Waals surface area contributed by atoms with Crippen LogP contribution in [0, 0.1) is 0 Å². The van der Waals surface area contributed by atoms with Crippen LogP contribution in [0.1, 0.15) is 30.1 Å². The Morgan fingerprint density at radius 2 is 1.96 bits per heavy atom. The average Bonchev–Trinajstić information content (AvgIpc) is 3.02. The number of nitrogen functional groups attached to an aromatic ring is 1. The van der Waals surface area contributed by atoms with Gasteiger partial charge in [-0.25, -0.2) is 4.79 Å². The van der Waals surface area contributed by atoms with Crippen molar-refractivity contribution in [2.45, 2.75) is 37.5 Å². The van der Waals surface area contributed by atoms with Crippen molar-refractivity contribution in [1.82, 2.24) is 4.90 Å². The fourth-order valence-electron chi connectivity index (χ4n) is 3.56. The lowest BCUT2D eigenvalue weighted by Gasteiger charge is -2.31. The number of carboxylic acid groups (broad SMARTS) is 1. The molecule has 1 heterocycles. The summed E-state index contributed by atoms with van der Waals surface area (Å²) in [5.41, 5.74) is 8.23. The van der Waals surface area contributed by atoms with E-state index in [-0.39, 0.29) is 6.04 Å². The highest BCUT2D eigenvalue weighted by Gasteiger charge is 2.41. The predicted octanol–water partition coefficient (Wildman–Crippen LogP) is 3.82. The van der Waals surface area contributed by atoms with E-state index in [1.807, 2.05) is 48.5 Å². The second-order valence-electron chi connectivity index (χ2n) is 6.40. The fourth-order valence-corrected chi connectivity index (χ4v) is 3.99. The van der Waals surface area contributed by atoms with Gasteiger partial charge in [-0.05, 0) is 58.5 Å². The Kier molecular flexibility index (Phi) is 5.30. The molecule has 0 aliphatic carbocycles. The number of hydrogen-bond donors (Lipinski definition) is 3. The molecule has 2 aromatic rings. The van der Waals surface area contributed by atoms with Crippen LogP contribution in [0.2, 0.25) is 0 Å².